The van der Waals surface area contributed by atoms with Crippen molar-refractivity contribution < 1.29 is 14.6 Å². The lowest BCUT2D eigenvalue weighted by atomic mass is 10.1. The van der Waals surface area contributed by atoms with E-state index in [-0.39, 0.29) is 6.23 Å². The third-order valence-electron chi connectivity index (χ3n) is 3.88. The first-order valence-corrected chi connectivity index (χ1v) is 7.96. The van der Waals surface area contributed by atoms with Crippen LogP contribution in [0, 0.1) is 0 Å². The van der Waals surface area contributed by atoms with E-state index in [2.05, 4.69) is 21.0 Å². The minimum atomic E-state index is -0.629. The van der Waals surface area contributed by atoms with E-state index in [0.717, 1.165) is 46.8 Å². The molecule has 2 unspecified atom stereocenters. The summed E-state index contributed by atoms with van der Waals surface area (Å²) < 4.78 is 13.9. The van der Waals surface area contributed by atoms with Crippen LogP contribution in [0.15, 0.2) is 16.7 Å². The van der Waals surface area contributed by atoms with E-state index in [0.29, 0.717) is 5.75 Å². The van der Waals surface area contributed by atoms with Gasteiger partial charge in [-0.2, -0.15) is 5.10 Å². The standard InChI is InChI=1S/C15H19BrN2O3/c1-9(19)13-14(16)11(20-2)7-10-8-17-18(15(10)13)12-5-3-4-6-21-12/h7-9,12,19H,3-6H2,1-2H3. The van der Waals surface area contributed by atoms with Crippen molar-refractivity contribution in [1.82, 2.24) is 9.78 Å². The maximum atomic E-state index is 10.2. The monoisotopic (exact) mass is 354 g/mol. The van der Waals surface area contributed by atoms with Crippen molar-refractivity contribution in [1.29, 1.82) is 0 Å². The number of aliphatic hydroxyl groups excluding tert-OH is 1. The molecule has 2 aromatic rings. The molecule has 1 fully saturated rings. The Morgan fingerprint density at radius 2 is 2.33 bits per heavy atom. The van der Waals surface area contributed by atoms with E-state index in [1.807, 2.05) is 10.7 Å². The highest BCUT2D eigenvalue weighted by Gasteiger charge is 2.24. The molecule has 6 heteroatoms. The zero-order valence-corrected chi connectivity index (χ0v) is 13.8. The first-order valence-electron chi connectivity index (χ1n) is 7.16. The second-order valence-corrected chi connectivity index (χ2v) is 6.12. The van der Waals surface area contributed by atoms with Gasteiger partial charge in [0.15, 0.2) is 6.23 Å². The zero-order valence-electron chi connectivity index (χ0n) is 12.2. The molecule has 1 aromatic heterocycles. The Labute approximate surface area is 132 Å². The summed E-state index contributed by atoms with van der Waals surface area (Å²) in [5, 5.41) is 15.6. The van der Waals surface area contributed by atoms with Gasteiger partial charge in [0.25, 0.3) is 0 Å². The number of methoxy groups -OCH3 is 1. The van der Waals surface area contributed by atoms with E-state index in [1.54, 1.807) is 20.2 Å². The number of benzene rings is 1. The van der Waals surface area contributed by atoms with Crippen LogP contribution in [0.2, 0.25) is 0 Å². The molecule has 1 aliphatic heterocycles. The molecule has 3 rings (SSSR count). The van der Waals surface area contributed by atoms with Crippen molar-refractivity contribution in [2.24, 2.45) is 0 Å². The smallest absolute Gasteiger partial charge is 0.150 e. The fourth-order valence-corrected chi connectivity index (χ4v) is 3.66. The van der Waals surface area contributed by atoms with Crippen molar-refractivity contribution in [2.45, 2.75) is 38.5 Å². The second-order valence-electron chi connectivity index (χ2n) is 5.33. The van der Waals surface area contributed by atoms with Crippen LogP contribution in [0.1, 0.15) is 44.1 Å². The topological polar surface area (TPSA) is 56.5 Å². The lowest BCUT2D eigenvalue weighted by molar-refractivity contribution is -0.0368. The van der Waals surface area contributed by atoms with Gasteiger partial charge in [0.1, 0.15) is 5.75 Å². The second kappa shape index (κ2) is 5.94. The molecule has 2 atom stereocenters. The van der Waals surface area contributed by atoms with E-state index >= 15 is 0 Å². The third-order valence-corrected chi connectivity index (χ3v) is 4.70. The van der Waals surface area contributed by atoms with Gasteiger partial charge in [0, 0.05) is 17.6 Å². The predicted octanol–water partition coefficient (Wildman–Crippen LogP) is 3.56. The fourth-order valence-electron chi connectivity index (χ4n) is 2.87. The summed E-state index contributed by atoms with van der Waals surface area (Å²) in [7, 11) is 1.62. The number of aromatic nitrogens is 2. The van der Waals surface area contributed by atoms with Crippen molar-refractivity contribution in [3.8, 4) is 5.75 Å². The number of hydrogen-bond acceptors (Lipinski definition) is 4. The highest BCUT2D eigenvalue weighted by molar-refractivity contribution is 9.10. The molecule has 0 spiro atoms. The van der Waals surface area contributed by atoms with Gasteiger partial charge in [-0.05, 0) is 48.2 Å². The van der Waals surface area contributed by atoms with E-state index in [1.165, 1.54) is 0 Å². The van der Waals surface area contributed by atoms with Crippen molar-refractivity contribution in [2.75, 3.05) is 13.7 Å². The molecule has 114 valence electrons. The largest absolute Gasteiger partial charge is 0.496 e. The molecule has 0 bridgehead atoms. The van der Waals surface area contributed by atoms with E-state index in [9.17, 15) is 5.11 Å². The van der Waals surface area contributed by atoms with Crippen LogP contribution < -0.4 is 4.74 Å². The molecule has 1 aliphatic rings. The number of rotatable bonds is 3. The summed E-state index contributed by atoms with van der Waals surface area (Å²) in [6, 6.07) is 1.93. The maximum absolute atomic E-state index is 10.2. The van der Waals surface area contributed by atoms with Crippen LogP contribution in [0.5, 0.6) is 5.75 Å². The minimum Gasteiger partial charge on any atom is -0.496 e. The number of aliphatic hydroxyl groups is 1. The highest BCUT2D eigenvalue weighted by Crippen LogP contribution is 2.40. The van der Waals surface area contributed by atoms with E-state index < -0.39 is 6.10 Å². The summed E-state index contributed by atoms with van der Waals surface area (Å²) in [5.74, 6) is 0.697. The predicted molar refractivity (Wildman–Crippen MR) is 83.5 cm³/mol. The molecule has 0 amide bonds. The molecule has 1 saturated heterocycles. The first-order chi connectivity index (χ1) is 10.1. The normalized spacial score (nSPS) is 20.7. The number of hydrogen-bond donors (Lipinski definition) is 1. The molecule has 0 radical (unpaired) electrons. The molecule has 1 N–H and O–H groups in total. The van der Waals surface area contributed by atoms with Gasteiger partial charge < -0.3 is 14.6 Å². The average molecular weight is 355 g/mol. The van der Waals surface area contributed by atoms with E-state index in [4.69, 9.17) is 9.47 Å². The van der Waals surface area contributed by atoms with Crippen LogP contribution in [0.4, 0.5) is 0 Å². The van der Waals surface area contributed by atoms with Gasteiger partial charge in [0.05, 0.1) is 29.4 Å². The Bertz CT molecular complexity index is 648. The fraction of sp³-hybridized carbons (Fsp3) is 0.533. The first kappa shape index (κ1) is 14.8. The van der Waals surface area contributed by atoms with Gasteiger partial charge >= 0.3 is 0 Å². The number of halogens is 1. The molecule has 5 nitrogen and oxygen atoms in total. The zero-order chi connectivity index (χ0) is 15.0. The van der Waals surface area contributed by atoms with Gasteiger partial charge in [-0.1, -0.05) is 0 Å². The van der Waals surface area contributed by atoms with Crippen molar-refractivity contribution in [3.63, 3.8) is 0 Å². The summed E-state index contributed by atoms with van der Waals surface area (Å²) in [4.78, 5) is 0. The Balaban J connectivity index is 2.21. The SMILES string of the molecule is COc1cc2cnn(C3CCCCO3)c2c(C(C)O)c1Br. The van der Waals surface area contributed by atoms with Crippen molar-refractivity contribution >= 4 is 26.8 Å². The molecular formula is C15H19BrN2O3. The maximum Gasteiger partial charge on any atom is 0.150 e. The molecule has 0 saturated carbocycles. The van der Waals surface area contributed by atoms with Gasteiger partial charge in [-0.3, -0.25) is 0 Å². The van der Waals surface area contributed by atoms with Gasteiger partial charge in [0.2, 0.25) is 0 Å². The van der Waals surface area contributed by atoms with Crippen molar-refractivity contribution in [3.05, 3.63) is 22.3 Å². The van der Waals surface area contributed by atoms with Crippen LogP contribution in [-0.2, 0) is 4.74 Å². The van der Waals surface area contributed by atoms with Crippen LogP contribution in [0.25, 0.3) is 10.9 Å². The number of nitrogens with zero attached hydrogens (tertiary/aromatic N) is 2. The third kappa shape index (κ3) is 2.56. The highest BCUT2D eigenvalue weighted by atomic mass is 79.9. The van der Waals surface area contributed by atoms with Crippen LogP contribution in [-0.4, -0.2) is 28.6 Å². The van der Waals surface area contributed by atoms with Crippen LogP contribution >= 0.6 is 15.9 Å². The Morgan fingerprint density at radius 3 is 2.95 bits per heavy atom. The molecule has 2 heterocycles. The minimum absolute atomic E-state index is 0.0611. The van der Waals surface area contributed by atoms with Gasteiger partial charge in [-0.25, -0.2) is 4.68 Å². The Kier molecular flexibility index (Phi) is 4.19. The Morgan fingerprint density at radius 1 is 1.52 bits per heavy atom. The number of ether oxygens (including phenoxy) is 2. The average Bonchev–Trinajstić information content (AvgIpc) is 2.90. The van der Waals surface area contributed by atoms with Gasteiger partial charge in [-0.15, -0.1) is 0 Å². The molecule has 1 aromatic carbocycles. The lowest BCUT2D eigenvalue weighted by Gasteiger charge is -2.25. The molecular weight excluding hydrogens is 336 g/mol. The van der Waals surface area contributed by atoms with Crippen LogP contribution in [0.3, 0.4) is 0 Å². The number of fused-ring (bicyclic) bond motifs is 1. The molecule has 0 aliphatic carbocycles. The summed E-state index contributed by atoms with van der Waals surface area (Å²) >= 11 is 3.54. The molecule has 21 heavy (non-hydrogen) atoms. The lowest BCUT2D eigenvalue weighted by Crippen LogP contribution is -2.19. The Hall–Kier alpha value is -1.11. The summed E-state index contributed by atoms with van der Waals surface area (Å²) in [6.45, 7) is 2.51. The summed E-state index contributed by atoms with van der Waals surface area (Å²) in [6.07, 6.45) is 4.28. The quantitative estimate of drug-likeness (QED) is 0.915. The summed E-state index contributed by atoms with van der Waals surface area (Å²) in [5.41, 5.74) is 1.69.